The Morgan fingerprint density at radius 1 is 1.07 bits per heavy atom. The Kier molecular flexibility index (Phi) is 4.56. The summed E-state index contributed by atoms with van der Waals surface area (Å²) in [5.41, 5.74) is 0.762. The van der Waals surface area contributed by atoms with Gasteiger partial charge in [0.05, 0.1) is 21.3 Å². The molecule has 1 N–H and O–H groups in total. The zero-order valence-corrected chi connectivity index (χ0v) is 15.9. The number of anilines is 2. The fourth-order valence-electron chi connectivity index (χ4n) is 2.88. The molecule has 0 amide bonds. The van der Waals surface area contributed by atoms with Crippen LogP contribution in [0.15, 0.2) is 53.5 Å². The molecule has 0 spiro atoms. The molecule has 9 heteroatoms. The molecule has 4 rings (SSSR count). The largest absolute Gasteiger partial charge is 0.338 e. The van der Waals surface area contributed by atoms with Gasteiger partial charge in [-0.15, -0.1) is 0 Å². The number of hydrogen-bond donors (Lipinski definition) is 1. The molecule has 2 heterocycles. The normalized spacial score (nSPS) is 11.2. The standard InChI is InChI=1S/C19H12Cl2F2N4O/c1-10-18-25-16(24-15-6-5-11(22)9-14(15)23)7-8-26(18)27(19(10)28)17-12(20)3-2-4-13(17)21/h2-9H,1H3,(H,24,25). The van der Waals surface area contributed by atoms with Crippen LogP contribution in [0.5, 0.6) is 0 Å². The van der Waals surface area contributed by atoms with Crippen molar-refractivity contribution in [1.82, 2.24) is 14.2 Å². The minimum Gasteiger partial charge on any atom is -0.338 e. The van der Waals surface area contributed by atoms with E-state index in [1.807, 2.05) is 0 Å². The van der Waals surface area contributed by atoms with Crippen LogP contribution >= 0.6 is 23.2 Å². The van der Waals surface area contributed by atoms with E-state index in [2.05, 4.69) is 10.3 Å². The Morgan fingerprint density at radius 2 is 1.79 bits per heavy atom. The van der Waals surface area contributed by atoms with E-state index in [-0.39, 0.29) is 17.1 Å². The molecule has 0 aliphatic rings. The number of para-hydroxylation sites is 1. The summed E-state index contributed by atoms with van der Waals surface area (Å²) in [6.45, 7) is 1.62. The Bertz CT molecular complexity index is 1260. The van der Waals surface area contributed by atoms with Crippen LogP contribution in [0, 0.1) is 18.6 Å². The third-order valence-corrected chi connectivity index (χ3v) is 4.83. The summed E-state index contributed by atoms with van der Waals surface area (Å²) in [6, 6.07) is 9.66. The SMILES string of the molecule is Cc1c(=O)n(-c2c(Cl)cccc2Cl)n2ccc(Nc3ccc(F)cc3F)nc12. The van der Waals surface area contributed by atoms with Gasteiger partial charge in [0.15, 0.2) is 5.65 Å². The lowest BCUT2D eigenvalue weighted by atomic mass is 10.3. The van der Waals surface area contributed by atoms with Crippen molar-refractivity contribution in [3.8, 4) is 5.69 Å². The number of nitrogens with one attached hydrogen (secondary N) is 1. The average molecular weight is 421 g/mol. The van der Waals surface area contributed by atoms with Crippen molar-refractivity contribution in [2.75, 3.05) is 5.32 Å². The van der Waals surface area contributed by atoms with Crippen molar-refractivity contribution < 1.29 is 8.78 Å². The molecule has 28 heavy (non-hydrogen) atoms. The second-order valence-corrected chi connectivity index (χ2v) is 6.86. The van der Waals surface area contributed by atoms with E-state index in [0.717, 1.165) is 12.1 Å². The molecule has 0 unspecified atom stereocenters. The molecule has 0 saturated heterocycles. The highest BCUT2D eigenvalue weighted by molar-refractivity contribution is 6.37. The van der Waals surface area contributed by atoms with Gasteiger partial charge >= 0.3 is 0 Å². The van der Waals surface area contributed by atoms with Gasteiger partial charge in [-0.2, -0.15) is 0 Å². The zero-order valence-electron chi connectivity index (χ0n) is 14.4. The van der Waals surface area contributed by atoms with Crippen molar-refractivity contribution in [2.45, 2.75) is 6.92 Å². The van der Waals surface area contributed by atoms with Gasteiger partial charge in [0.2, 0.25) is 0 Å². The quantitative estimate of drug-likeness (QED) is 0.500. The highest BCUT2D eigenvalue weighted by Gasteiger charge is 2.18. The summed E-state index contributed by atoms with van der Waals surface area (Å²) in [5.74, 6) is -1.14. The molecular formula is C19H12Cl2F2N4O. The lowest BCUT2D eigenvalue weighted by Crippen LogP contribution is -2.19. The molecule has 0 aliphatic heterocycles. The minimum absolute atomic E-state index is 0.0619. The van der Waals surface area contributed by atoms with Gasteiger partial charge in [-0.3, -0.25) is 4.79 Å². The van der Waals surface area contributed by atoms with Crippen LogP contribution in [0.3, 0.4) is 0 Å². The van der Waals surface area contributed by atoms with Crippen molar-refractivity contribution in [1.29, 1.82) is 0 Å². The molecule has 0 aliphatic carbocycles. The van der Waals surface area contributed by atoms with E-state index < -0.39 is 11.6 Å². The highest BCUT2D eigenvalue weighted by Crippen LogP contribution is 2.28. The third-order valence-electron chi connectivity index (χ3n) is 4.22. The van der Waals surface area contributed by atoms with Crippen LogP contribution in [0.2, 0.25) is 10.0 Å². The van der Waals surface area contributed by atoms with Gasteiger partial charge in [-0.05, 0) is 37.3 Å². The zero-order chi connectivity index (χ0) is 20.0. The number of benzene rings is 2. The van der Waals surface area contributed by atoms with E-state index in [0.29, 0.717) is 26.9 Å². The Balaban J connectivity index is 1.86. The average Bonchev–Trinajstić information content (AvgIpc) is 2.89. The monoisotopic (exact) mass is 420 g/mol. The first kappa shape index (κ1) is 18.5. The van der Waals surface area contributed by atoms with Crippen LogP contribution < -0.4 is 10.9 Å². The molecule has 0 fully saturated rings. The van der Waals surface area contributed by atoms with Crippen molar-refractivity contribution in [2.24, 2.45) is 0 Å². The van der Waals surface area contributed by atoms with Gasteiger partial charge in [-0.1, -0.05) is 29.3 Å². The molecule has 0 radical (unpaired) electrons. The van der Waals surface area contributed by atoms with E-state index in [1.54, 1.807) is 37.4 Å². The number of aromatic nitrogens is 3. The second-order valence-electron chi connectivity index (χ2n) is 6.04. The van der Waals surface area contributed by atoms with Crippen molar-refractivity contribution in [3.05, 3.63) is 86.3 Å². The topological polar surface area (TPSA) is 51.3 Å². The van der Waals surface area contributed by atoms with E-state index >= 15 is 0 Å². The van der Waals surface area contributed by atoms with E-state index in [9.17, 15) is 13.6 Å². The van der Waals surface area contributed by atoms with Crippen molar-refractivity contribution in [3.63, 3.8) is 0 Å². The number of halogens is 4. The van der Waals surface area contributed by atoms with Crippen LogP contribution in [0.25, 0.3) is 11.3 Å². The first-order valence-corrected chi connectivity index (χ1v) is 8.90. The molecular weight excluding hydrogens is 409 g/mol. The summed E-state index contributed by atoms with van der Waals surface area (Å²) in [5, 5.41) is 3.40. The Labute approximate surface area is 167 Å². The first-order valence-electron chi connectivity index (χ1n) is 8.14. The van der Waals surface area contributed by atoms with Gasteiger partial charge in [0.1, 0.15) is 23.1 Å². The molecule has 142 valence electrons. The predicted molar refractivity (Wildman–Crippen MR) is 105 cm³/mol. The minimum atomic E-state index is -0.754. The number of rotatable bonds is 3. The summed E-state index contributed by atoms with van der Waals surface area (Å²) < 4.78 is 29.8. The van der Waals surface area contributed by atoms with Gasteiger partial charge < -0.3 is 5.32 Å². The summed E-state index contributed by atoms with van der Waals surface area (Å²) in [7, 11) is 0. The smallest absolute Gasteiger partial charge is 0.277 e. The molecule has 4 aromatic rings. The highest BCUT2D eigenvalue weighted by atomic mass is 35.5. The third kappa shape index (κ3) is 3.02. The van der Waals surface area contributed by atoms with Gasteiger partial charge in [0.25, 0.3) is 5.56 Å². The molecule has 2 aromatic carbocycles. The maximum Gasteiger partial charge on any atom is 0.277 e. The number of aryl methyl sites for hydroxylation is 1. The first-order chi connectivity index (χ1) is 13.4. The van der Waals surface area contributed by atoms with E-state index in [4.69, 9.17) is 23.2 Å². The second kappa shape index (κ2) is 6.92. The molecule has 0 atom stereocenters. The molecule has 5 nitrogen and oxygen atoms in total. The van der Waals surface area contributed by atoms with Crippen LogP contribution in [0.1, 0.15) is 5.56 Å². The Hall–Kier alpha value is -2.90. The fourth-order valence-corrected chi connectivity index (χ4v) is 3.44. The molecule has 0 saturated carbocycles. The van der Waals surface area contributed by atoms with E-state index in [1.165, 1.54) is 15.3 Å². The Morgan fingerprint density at radius 3 is 2.46 bits per heavy atom. The summed E-state index contributed by atoms with van der Waals surface area (Å²) >= 11 is 12.5. The summed E-state index contributed by atoms with van der Waals surface area (Å²) in [6.07, 6.45) is 1.58. The molecule has 2 aromatic heterocycles. The number of hydrogen-bond acceptors (Lipinski definition) is 3. The maximum atomic E-state index is 13.9. The fraction of sp³-hybridized carbons (Fsp3) is 0.0526. The maximum absolute atomic E-state index is 13.9. The summed E-state index contributed by atoms with van der Waals surface area (Å²) in [4.78, 5) is 17.2. The molecule has 0 bridgehead atoms. The predicted octanol–water partition coefficient (Wildman–Crippen LogP) is 5.12. The van der Waals surface area contributed by atoms with Crippen LogP contribution in [-0.4, -0.2) is 14.2 Å². The van der Waals surface area contributed by atoms with Crippen LogP contribution in [0.4, 0.5) is 20.3 Å². The lowest BCUT2D eigenvalue weighted by molar-refractivity contribution is 0.586. The van der Waals surface area contributed by atoms with Crippen LogP contribution in [-0.2, 0) is 0 Å². The van der Waals surface area contributed by atoms with Crippen molar-refractivity contribution >= 4 is 40.4 Å². The van der Waals surface area contributed by atoms with Gasteiger partial charge in [-0.25, -0.2) is 23.0 Å². The lowest BCUT2D eigenvalue weighted by Gasteiger charge is -2.11. The van der Waals surface area contributed by atoms with Gasteiger partial charge in [0, 0.05) is 12.3 Å². The number of fused-ring (bicyclic) bond motifs is 1. The number of nitrogens with zero attached hydrogens (tertiary/aromatic N) is 3.